The van der Waals surface area contributed by atoms with Gasteiger partial charge in [-0.05, 0) is 141 Å². The van der Waals surface area contributed by atoms with Crippen LogP contribution in [0.15, 0.2) is 222 Å². The standard InChI is InChI=1S/C12H15NO.C10H10BrNO.C10H9Cl2NO.C10H9ClFNO.C10H10ClNO.C10H9F2NO.C10H10FNO.C10H11NO/c1-8-5-4-6-9(2)12(8)11-7-10(3)13-14-11;1-7-6-10(13-12-7)8-4-2-3-5-9(8)11;2*1-6-5-9(14-13-6)10-7(11)3-2-4-8(10)12;1-7-6-10(13-12-7)8-4-2-3-5-9(8)11;1-6-5-9(14-13-6)10-7(11)3-2-4-8(10)12;1-7-6-10(13-12-7)8-4-2-3-5-9(8)11;1-8-7-10(12-11-8)9-5-3-2-4-6-9/h4-6,11H,7H2,1-3H3;2-5,10H,6H2,1H3;2*2-4,9H,5H2,1H3;2-5,10H,6H2,1H3;2-4,9H,5H2,1H3;2-5,10H,6H2,1H3;2-6,10H,7H2,1H3/t11-;10-;2*9-;10-;9-;2*10-/m11111111/s1. The van der Waals surface area contributed by atoms with Crippen LogP contribution in [0.4, 0.5) is 17.6 Å². The minimum atomic E-state index is -0.615. The van der Waals surface area contributed by atoms with Crippen LogP contribution in [0, 0.1) is 37.1 Å². The molecule has 0 amide bonds. The molecule has 0 aromatic heterocycles. The normalized spacial score (nSPS) is 20.9. The molecule has 8 heterocycles. The zero-order valence-electron chi connectivity index (χ0n) is 60.8. The lowest BCUT2D eigenvalue weighted by Gasteiger charge is -2.14. The van der Waals surface area contributed by atoms with Crippen LogP contribution < -0.4 is 0 Å². The van der Waals surface area contributed by atoms with Crippen LogP contribution in [0.3, 0.4) is 0 Å². The summed E-state index contributed by atoms with van der Waals surface area (Å²) in [6.45, 7) is 19.6. The van der Waals surface area contributed by atoms with E-state index in [-0.39, 0.29) is 59.9 Å². The summed E-state index contributed by atoms with van der Waals surface area (Å²) in [5.74, 6) is -1.73. The third-order valence-corrected chi connectivity index (χ3v) is 19.3. The molecule has 8 aromatic carbocycles. The zero-order chi connectivity index (χ0) is 76.7. The molecule has 25 heteroatoms. The van der Waals surface area contributed by atoms with E-state index in [4.69, 9.17) is 85.1 Å². The van der Waals surface area contributed by atoms with Crippen molar-refractivity contribution in [2.75, 3.05) is 0 Å². The van der Waals surface area contributed by atoms with Gasteiger partial charge in [-0.2, -0.15) is 0 Å². The van der Waals surface area contributed by atoms with E-state index in [0.717, 1.165) is 98.4 Å². The number of aryl methyl sites for hydroxylation is 2. The maximum atomic E-state index is 13.4. The van der Waals surface area contributed by atoms with Crippen molar-refractivity contribution in [1.29, 1.82) is 0 Å². The van der Waals surface area contributed by atoms with Crippen molar-refractivity contribution < 1.29 is 56.3 Å². The minimum Gasteiger partial charge on any atom is -0.387 e. The zero-order valence-corrected chi connectivity index (χ0v) is 65.4. The molecule has 0 N–H and O–H groups in total. The Hall–Kier alpha value is -9.12. The van der Waals surface area contributed by atoms with Crippen LogP contribution in [-0.2, 0) is 38.7 Å². The molecule has 8 aliphatic rings. The summed E-state index contributed by atoms with van der Waals surface area (Å²) in [6, 6.07) is 52.7. The Morgan fingerprint density at radius 3 is 0.953 bits per heavy atom. The van der Waals surface area contributed by atoms with Crippen molar-refractivity contribution in [2.45, 2.75) is 169 Å². The lowest BCUT2D eigenvalue weighted by molar-refractivity contribution is 0.0799. The van der Waals surface area contributed by atoms with E-state index in [1.54, 1.807) is 49.4 Å². The molecular weight excluding hydrogens is 1520 g/mol. The quantitative estimate of drug-likeness (QED) is 0.135. The Bertz CT molecular complexity index is 4080. The lowest BCUT2D eigenvalue weighted by Crippen LogP contribution is -2.04. The average Bonchev–Trinajstić information content (AvgIpc) is 1.80. The molecule has 0 spiro atoms. The average molecular weight is 1610 g/mol. The first kappa shape index (κ1) is 81.9. The second kappa shape index (κ2) is 40.2. The van der Waals surface area contributed by atoms with E-state index in [0.29, 0.717) is 45.5 Å². The highest BCUT2D eigenvalue weighted by Gasteiger charge is 2.30. The molecule has 8 atom stereocenters. The predicted molar refractivity (Wildman–Crippen MR) is 421 cm³/mol. The molecular formula is C82H83BrCl4F4N8O8. The first-order valence-electron chi connectivity index (χ1n) is 34.6. The van der Waals surface area contributed by atoms with Crippen molar-refractivity contribution in [3.63, 3.8) is 0 Å². The number of hydrogen-bond donors (Lipinski definition) is 0. The summed E-state index contributed by atoms with van der Waals surface area (Å²) in [4.78, 5) is 41.5. The fourth-order valence-corrected chi connectivity index (χ4v) is 13.7. The molecule has 0 saturated carbocycles. The molecule has 0 fully saturated rings. The van der Waals surface area contributed by atoms with Gasteiger partial charge in [0, 0.05) is 104 Å². The summed E-state index contributed by atoms with van der Waals surface area (Å²) < 4.78 is 54.3. The Kier molecular flexibility index (Phi) is 30.8. The molecule has 0 unspecified atom stereocenters. The van der Waals surface area contributed by atoms with Crippen LogP contribution in [0.1, 0.15) is 211 Å². The summed E-state index contributed by atoms with van der Waals surface area (Å²) in [5.41, 5.74) is 16.8. The number of rotatable bonds is 8. The van der Waals surface area contributed by atoms with Crippen molar-refractivity contribution in [3.8, 4) is 0 Å². The van der Waals surface area contributed by atoms with E-state index < -0.39 is 17.7 Å². The maximum absolute atomic E-state index is 13.4. The van der Waals surface area contributed by atoms with Crippen LogP contribution in [0.25, 0.3) is 0 Å². The molecule has 0 saturated heterocycles. The van der Waals surface area contributed by atoms with Crippen LogP contribution >= 0.6 is 62.3 Å². The highest BCUT2D eigenvalue weighted by Crippen LogP contribution is 2.40. The largest absolute Gasteiger partial charge is 0.387 e. The van der Waals surface area contributed by atoms with E-state index >= 15 is 0 Å². The van der Waals surface area contributed by atoms with Crippen LogP contribution in [-0.4, -0.2) is 45.7 Å². The number of nitrogens with zero attached hydrogens (tertiary/aromatic N) is 8. The first-order valence-corrected chi connectivity index (χ1v) is 36.9. The minimum absolute atomic E-state index is 0.00806. The molecule has 0 bridgehead atoms. The van der Waals surface area contributed by atoms with Gasteiger partial charge in [0.05, 0.1) is 56.3 Å². The maximum Gasteiger partial charge on any atom is 0.163 e. The van der Waals surface area contributed by atoms with Crippen LogP contribution in [0.2, 0.25) is 20.1 Å². The summed E-state index contributed by atoms with van der Waals surface area (Å²) in [6.07, 6.45) is 5.08. The van der Waals surface area contributed by atoms with E-state index in [1.165, 1.54) is 58.1 Å². The fraction of sp³-hybridized carbons (Fsp3) is 0.317. The first-order chi connectivity index (χ1) is 51.4. The van der Waals surface area contributed by atoms with Gasteiger partial charge < -0.3 is 38.7 Å². The van der Waals surface area contributed by atoms with Gasteiger partial charge in [-0.15, -0.1) is 0 Å². The lowest BCUT2D eigenvalue weighted by atomic mass is 9.95. The van der Waals surface area contributed by atoms with Gasteiger partial charge in [-0.1, -0.05) is 225 Å². The monoisotopic (exact) mass is 1600 g/mol. The van der Waals surface area contributed by atoms with Crippen molar-refractivity contribution in [3.05, 3.63) is 279 Å². The molecule has 16 rings (SSSR count). The summed E-state index contributed by atoms with van der Waals surface area (Å²) >= 11 is 27.5. The number of benzene rings is 8. The van der Waals surface area contributed by atoms with E-state index in [9.17, 15) is 17.6 Å². The molecule has 0 aliphatic carbocycles. The molecule has 562 valence electrons. The van der Waals surface area contributed by atoms with Gasteiger partial charge in [-0.25, -0.2) is 17.6 Å². The highest BCUT2D eigenvalue weighted by atomic mass is 79.9. The Labute approximate surface area is 650 Å². The molecule has 0 radical (unpaired) electrons. The predicted octanol–water partition coefficient (Wildman–Crippen LogP) is 24.7. The smallest absolute Gasteiger partial charge is 0.163 e. The van der Waals surface area contributed by atoms with Crippen molar-refractivity contribution >= 4 is 108 Å². The number of oxime groups is 8. The Morgan fingerprint density at radius 2 is 0.542 bits per heavy atom. The molecule has 8 aromatic rings. The van der Waals surface area contributed by atoms with Crippen molar-refractivity contribution in [2.24, 2.45) is 41.2 Å². The third kappa shape index (κ3) is 23.7. The molecule has 8 aliphatic heterocycles. The second-order valence-electron chi connectivity index (χ2n) is 26.2. The van der Waals surface area contributed by atoms with Crippen molar-refractivity contribution in [1.82, 2.24) is 0 Å². The molecule has 16 nitrogen and oxygen atoms in total. The third-order valence-electron chi connectivity index (χ3n) is 17.3. The van der Waals surface area contributed by atoms with Gasteiger partial charge in [0.15, 0.2) is 48.8 Å². The van der Waals surface area contributed by atoms with Crippen LogP contribution in [0.5, 0.6) is 0 Å². The topological polar surface area (TPSA) is 173 Å². The molecule has 107 heavy (non-hydrogen) atoms. The van der Waals surface area contributed by atoms with Gasteiger partial charge >= 0.3 is 0 Å². The highest BCUT2D eigenvalue weighted by molar-refractivity contribution is 9.10. The number of halogens is 9. The fourth-order valence-electron chi connectivity index (χ4n) is 11.9. The van der Waals surface area contributed by atoms with E-state index in [1.807, 2.05) is 115 Å². The number of hydrogen-bond acceptors (Lipinski definition) is 16. The van der Waals surface area contributed by atoms with Gasteiger partial charge in [-0.3, -0.25) is 0 Å². The van der Waals surface area contributed by atoms with Gasteiger partial charge in [0.1, 0.15) is 23.3 Å². The van der Waals surface area contributed by atoms with Gasteiger partial charge in [0.25, 0.3) is 0 Å². The van der Waals surface area contributed by atoms with Gasteiger partial charge in [0.2, 0.25) is 0 Å². The SMILES string of the molecule is CC1=NO[C@@H](c2c(C)cccc2C)C1.CC1=NO[C@@H](c2c(Cl)cccc2Cl)C1.CC1=NO[C@@H](c2c(F)cccc2Cl)C1.CC1=NO[C@@H](c2c(F)cccc2F)C1.CC1=NO[C@@H](c2ccccc2)C1.CC1=NO[C@@H](c2ccccc2Br)C1.CC1=NO[C@@H](c2ccccc2Cl)C1.CC1=NO[C@@H](c2ccccc2F)C1. The Morgan fingerprint density at radius 1 is 0.262 bits per heavy atom. The summed E-state index contributed by atoms with van der Waals surface area (Å²) in [7, 11) is 0. The summed E-state index contributed by atoms with van der Waals surface area (Å²) in [5, 5.41) is 33.2. The second-order valence-corrected chi connectivity index (χ2v) is 28.7. The Balaban J connectivity index is 0.000000141. The van der Waals surface area contributed by atoms with E-state index in [2.05, 4.69) is 107 Å².